The molecule has 2 aliphatic heterocycles. The lowest BCUT2D eigenvalue weighted by Crippen LogP contribution is -2.48. The number of sulfonamides is 1. The lowest BCUT2D eigenvalue weighted by atomic mass is 10.1. The number of aromatic nitrogens is 2. The van der Waals surface area contributed by atoms with Crippen LogP contribution in [0.2, 0.25) is 5.02 Å². The SMILES string of the molecule is Cn1cnc(CN2C[C@@H](Cc3ccccc3)N(S(=O)(=O)CCN3CCOCC3)Cc3cc(Cl)ccc32)c1. The maximum Gasteiger partial charge on any atom is 0.215 e. The van der Waals surface area contributed by atoms with Crippen molar-refractivity contribution in [3.05, 3.63) is 82.9 Å². The molecule has 0 N–H and O–H groups in total. The van der Waals surface area contributed by atoms with E-state index in [0.29, 0.717) is 44.3 Å². The standard InChI is InChI=1S/C27H34ClN5O3S/c1-30-18-25(29-21-30)19-32-20-26(15-22-5-3-2-4-6-22)33(17-23-16-24(28)7-8-27(23)32)37(34,35)14-11-31-9-12-36-13-10-31/h2-8,16,18,21,26H,9-15,17,19-20H2,1H3/t26-/m1/s1. The number of benzene rings is 2. The molecule has 0 spiro atoms. The van der Waals surface area contributed by atoms with Gasteiger partial charge in [-0.2, -0.15) is 4.31 Å². The Balaban J connectivity index is 1.48. The van der Waals surface area contributed by atoms with Crippen molar-refractivity contribution in [2.75, 3.05) is 50.0 Å². The van der Waals surface area contributed by atoms with E-state index in [0.717, 1.165) is 35.6 Å². The van der Waals surface area contributed by atoms with Crippen LogP contribution in [0.1, 0.15) is 16.8 Å². The minimum absolute atomic E-state index is 0.0778. The van der Waals surface area contributed by atoms with Crippen molar-refractivity contribution >= 4 is 27.3 Å². The number of aryl methyl sites for hydroxylation is 1. The van der Waals surface area contributed by atoms with Crippen molar-refractivity contribution in [1.82, 2.24) is 18.8 Å². The molecule has 198 valence electrons. The third-order valence-corrected chi connectivity index (χ3v) is 9.17. The van der Waals surface area contributed by atoms with Gasteiger partial charge in [-0.3, -0.25) is 4.90 Å². The van der Waals surface area contributed by atoms with Gasteiger partial charge in [-0.05, 0) is 35.7 Å². The molecule has 1 fully saturated rings. The third kappa shape index (κ3) is 6.53. The molecule has 1 atom stereocenters. The van der Waals surface area contributed by atoms with Crippen LogP contribution in [0.5, 0.6) is 0 Å². The van der Waals surface area contributed by atoms with Gasteiger partial charge in [-0.1, -0.05) is 41.9 Å². The van der Waals surface area contributed by atoms with Crippen LogP contribution in [0.15, 0.2) is 61.1 Å². The van der Waals surface area contributed by atoms with Crippen LogP contribution in [0.25, 0.3) is 0 Å². The van der Waals surface area contributed by atoms with Gasteiger partial charge in [0.1, 0.15) is 0 Å². The number of anilines is 1. The lowest BCUT2D eigenvalue weighted by Gasteiger charge is -2.33. The lowest BCUT2D eigenvalue weighted by molar-refractivity contribution is 0.0406. The first-order valence-electron chi connectivity index (χ1n) is 12.7. The fourth-order valence-electron chi connectivity index (χ4n) is 5.19. The first-order valence-corrected chi connectivity index (χ1v) is 14.7. The molecule has 0 saturated carbocycles. The Morgan fingerprint density at radius 3 is 2.62 bits per heavy atom. The van der Waals surface area contributed by atoms with Gasteiger partial charge < -0.3 is 14.2 Å². The van der Waals surface area contributed by atoms with Crippen molar-refractivity contribution in [2.45, 2.75) is 25.6 Å². The van der Waals surface area contributed by atoms with Gasteiger partial charge in [0, 0.05) is 62.7 Å². The number of hydrogen-bond acceptors (Lipinski definition) is 6. The van der Waals surface area contributed by atoms with Crippen LogP contribution in [-0.4, -0.2) is 78.4 Å². The van der Waals surface area contributed by atoms with E-state index in [2.05, 4.69) is 26.9 Å². The molecule has 0 amide bonds. The Labute approximate surface area is 224 Å². The highest BCUT2D eigenvalue weighted by Gasteiger charge is 2.36. The molecule has 3 aromatic rings. The Morgan fingerprint density at radius 1 is 1.11 bits per heavy atom. The zero-order chi connectivity index (χ0) is 25.8. The second-order valence-electron chi connectivity index (χ2n) is 9.84. The topological polar surface area (TPSA) is 70.9 Å². The molecule has 2 aliphatic rings. The minimum atomic E-state index is -3.56. The van der Waals surface area contributed by atoms with E-state index in [9.17, 15) is 8.42 Å². The summed E-state index contributed by atoms with van der Waals surface area (Å²) in [5.41, 5.74) is 3.96. The van der Waals surface area contributed by atoms with Gasteiger partial charge in [-0.25, -0.2) is 13.4 Å². The van der Waals surface area contributed by atoms with Gasteiger partial charge in [-0.15, -0.1) is 0 Å². The third-order valence-electron chi connectivity index (χ3n) is 7.10. The largest absolute Gasteiger partial charge is 0.379 e. The summed E-state index contributed by atoms with van der Waals surface area (Å²) in [5, 5.41) is 0.601. The van der Waals surface area contributed by atoms with Crippen LogP contribution >= 0.6 is 11.6 Å². The summed E-state index contributed by atoms with van der Waals surface area (Å²) in [4.78, 5) is 8.96. The highest BCUT2D eigenvalue weighted by Crippen LogP contribution is 2.33. The molecule has 0 radical (unpaired) electrons. The highest BCUT2D eigenvalue weighted by molar-refractivity contribution is 7.89. The molecule has 37 heavy (non-hydrogen) atoms. The van der Waals surface area contributed by atoms with Crippen LogP contribution in [0.3, 0.4) is 0 Å². The van der Waals surface area contributed by atoms with E-state index in [1.165, 1.54) is 0 Å². The Hall–Kier alpha value is -2.43. The Morgan fingerprint density at radius 2 is 1.89 bits per heavy atom. The quantitative estimate of drug-likeness (QED) is 0.435. The van der Waals surface area contributed by atoms with Crippen molar-refractivity contribution in [1.29, 1.82) is 0 Å². The fourth-order valence-corrected chi connectivity index (χ4v) is 7.04. The smallest absolute Gasteiger partial charge is 0.215 e. The van der Waals surface area contributed by atoms with Gasteiger partial charge in [0.15, 0.2) is 0 Å². The van der Waals surface area contributed by atoms with Crippen molar-refractivity contribution < 1.29 is 13.2 Å². The number of nitrogens with zero attached hydrogens (tertiary/aromatic N) is 5. The van der Waals surface area contributed by atoms with Crippen molar-refractivity contribution in [3.8, 4) is 0 Å². The van der Waals surface area contributed by atoms with E-state index in [1.807, 2.05) is 54.2 Å². The molecule has 5 rings (SSSR count). The number of fused-ring (bicyclic) bond motifs is 1. The average Bonchev–Trinajstić information content (AvgIpc) is 3.24. The van der Waals surface area contributed by atoms with Gasteiger partial charge >= 0.3 is 0 Å². The Bertz CT molecular complexity index is 1290. The van der Waals surface area contributed by atoms with Crippen molar-refractivity contribution in [2.24, 2.45) is 7.05 Å². The predicted octanol–water partition coefficient (Wildman–Crippen LogP) is 3.17. The van der Waals surface area contributed by atoms with Crippen molar-refractivity contribution in [3.63, 3.8) is 0 Å². The normalized spacial score (nSPS) is 19.5. The predicted molar refractivity (Wildman–Crippen MR) is 146 cm³/mol. The van der Waals surface area contributed by atoms with Crippen LogP contribution in [0, 0.1) is 0 Å². The summed E-state index contributed by atoms with van der Waals surface area (Å²) < 4.78 is 37.0. The van der Waals surface area contributed by atoms with Crippen LogP contribution < -0.4 is 4.90 Å². The first kappa shape index (κ1) is 26.2. The van der Waals surface area contributed by atoms with Crippen LogP contribution in [-0.2, 0) is 41.3 Å². The number of rotatable bonds is 8. The van der Waals surface area contributed by atoms with E-state index in [1.54, 1.807) is 10.6 Å². The zero-order valence-electron chi connectivity index (χ0n) is 21.2. The highest BCUT2D eigenvalue weighted by atomic mass is 35.5. The summed E-state index contributed by atoms with van der Waals surface area (Å²) in [6.07, 6.45) is 4.42. The molecule has 10 heteroatoms. The summed E-state index contributed by atoms with van der Waals surface area (Å²) in [5.74, 6) is 0.0778. The maximum absolute atomic E-state index is 13.9. The van der Waals surface area contributed by atoms with Gasteiger partial charge in [0.05, 0.1) is 37.5 Å². The summed E-state index contributed by atoms with van der Waals surface area (Å²) in [7, 11) is -1.61. The molecular formula is C27H34ClN5O3S. The molecular weight excluding hydrogens is 510 g/mol. The fraction of sp³-hybridized carbons (Fsp3) is 0.444. The molecule has 8 nitrogen and oxygen atoms in total. The van der Waals surface area contributed by atoms with Crippen LogP contribution in [0.4, 0.5) is 5.69 Å². The number of halogens is 1. The molecule has 0 unspecified atom stereocenters. The molecule has 1 saturated heterocycles. The van der Waals surface area contributed by atoms with E-state index < -0.39 is 10.0 Å². The van der Waals surface area contributed by atoms with E-state index >= 15 is 0 Å². The monoisotopic (exact) mass is 543 g/mol. The maximum atomic E-state index is 13.9. The number of morpholine rings is 1. The molecule has 1 aromatic heterocycles. The van der Waals surface area contributed by atoms with E-state index in [4.69, 9.17) is 16.3 Å². The summed E-state index contributed by atoms with van der Waals surface area (Å²) >= 11 is 6.41. The Kier molecular flexibility index (Phi) is 8.16. The zero-order valence-corrected chi connectivity index (χ0v) is 22.7. The average molecular weight is 544 g/mol. The molecule has 0 aliphatic carbocycles. The number of ether oxygens (including phenoxy) is 1. The molecule has 3 heterocycles. The summed E-state index contributed by atoms with van der Waals surface area (Å²) in [6.45, 7) is 4.75. The summed E-state index contributed by atoms with van der Waals surface area (Å²) in [6, 6.07) is 15.7. The number of imidazole rings is 1. The second-order valence-corrected chi connectivity index (χ2v) is 12.3. The van der Waals surface area contributed by atoms with Gasteiger partial charge in [0.2, 0.25) is 10.0 Å². The first-order chi connectivity index (χ1) is 17.9. The minimum Gasteiger partial charge on any atom is -0.379 e. The second kappa shape index (κ2) is 11.5. The number of hydrogen-bond donors (Lipinski definition) is 0. The van der Waals surface area contributed by atoms with Gasteiger partial charge in [0.25, 0.3) is 0 Å². The molecule has 2 aromatic carbocycles. The molecule has 0 bridgehead atoms. The van der Waals surface area contributed by atoms with E-state index in [-0.39, 0.29) is 18.3 Å².